The van der Waals surface area contributed by atoms with E-state index in [-0.39, 0.29) is 18.5 Å². The number of oxime groups is 1. The SMILES string of the molecule is O=C(CON=C1CCN(C(=O)Nc2ccccc2)CC1)NCc1ccccc1Cl. The van der Waals surface area contributed by atoms with E-state index in [0.717, 1.165) is 17.0 Å². The first kappa shape index (κ1) is 20.7. The number of piperidine rings is 1. The monoisotopic (exact) mass is 414 g/mol. The maximum Gasteiger partial charge on any atom is 0.321 e. The molecule has 0 aliphatic carbocycles. The van der Waals surface area contributed by atoms with Gasteiger partial charge in [-0.15, -0.1) is 0 Å². The second-order valence-corrected chi connectivity index (χ2v) is 6.99. The molecule has 7 nitrogen and oxygen atoms in total. The van der Waals surface area contributed by atoms with Gasteiger partial charge in [0.05, 0.1) is 5.71 Å². The van der Waals surface area contributed by atoms with Crippen LogP contribution < -0.4 is 10.6 Å². The maximum absolute atomic E-state index is 12.3. The number of urea groups is 1. The highest BCUT2D eigenvalue weighted by Crippen LogP contribution is 2.14. The lowest BCUT2D eigenvalue weighted by Crippen LogP contribution is -2.41. The molecule has 1 aliphatic rings. The van der Waals surface area contributed by atoms with E-state index in [4.69, 9.17) is 16.4 Å². The van der Waals surface area contributed by atoms with Gasteiger partial charge in [0.1, 0.15) is 0 Å². The fraction of sp³-hybridized carbons (Fsp3) is 0.286. The van der Waals surface area contributed by atoms with Crippen LogP contribution in [0.25, 0.3) is 0 Å². The van der Waals surface area contributed by atoms with Crippen molar-refractivity contribution in [1.82, 2.24) is 10.2 Å². The molecule has 2 aromatic rings. The smallest absolute Gasteiger partial charge is 0.321 e. The van der Waals surface area contributed by atoms with Crippen molar-refractivity contribution in [3.05, 3.63) is 65.2 Å². The van der Waals surface area contributed by atoms with E-state index in [0.29, 0.717) is 37.5 Å². The normalized spacial score (nSPS) is 13.6. The van der Waals surface area contributed by atoms with Gasteiger partial charge in [0.2, 0.25) is 0 Å². The predicted molar refractivity (Wildman–Crippen MR) is 113 cm³/mol. The fourth-order valence-electron chi connectivity index (χ4n) is 2.85. The van der Waals surface area contributed by atoms with Crippen LogP contribution in [-0.4, -0.2) is 42.2 Å². The number of rotatable bonds is 6. The van der Waals surface area contributed by atoms with Crippen molar-refractivity contribution in [3.63, 3.8) is 0 Å². The molecule has 2 aromatic carbocycles. The highest BCUT2D eigenvalue weighted by atomic mass is 35.5. The number of hydrogen-bond acceptors (Lipinski definition) is 4. The topological polar surface area (TPSA) is 83.0 Å². The van der Waals surface area contributed by atoms with Crippen LogP contribution in [0.5, 0.6) is 0 Å². The van der Waals surface area contributed by atoms with Crippen molar-refractivity contribution in [1.29, 1.82) is 0 Å². The zero-order valence-corrected chi connectivity index (χ0v) is 16.7. The summed E-state index contributed by atoms with van der Waals surface area (Å²) in [5.41, 5.74) is 2.45. The molecule has 1 saturated heterocycles. The van der Waals surface area contributed by atoms with Gasteiger partial charge in [-0.05, 0) is 23.8 Å². The molecule has 0 aromatic heterocycles. The summed E-state index contributed by atoms with van der Waals surface area (Å²) in [6, 6.07) is 16.5. The zero-order valence-electron chi connectivity index (χ0n) is 15.9. The minimum Gasteiger partial charge on any atom is -0.386 e. The first-order valence-corrected chi connectivity index (χ1v) is 9.78. The number of likely N-dealkylation sites (tertiary alicyclic amines) is 1. The van der Waals surface area contributed by atoms with Crippen molar-refractivity contribution < 1.29 is 14.4 Å². The van der Waals surface area contributed by atoms with Crippen LogP contribution in [0.15, 0.2) is 59.8 Å². The van der Waals surface area contributed by atoms with E-state index >= 15 is 0 Å². The molecule has 29 heavy (non-hydrogen) atoms. The van der Waals surface area contributed by atoms with E-state index in [2.05, 4.69) is 15.8 Å². The third-order valence-electron chi connectivity index (χ3n) is 4.48. The van der Waals surface area contributed by atoms with Crippen molar-refractivity contribution in [2.24, 2.45) is 5.16 Å². The highest BCUT2D eigenvalue weighted by Gasteiger charge is 2.20. The predicted octanol–water partition coefficient (Wildman–Crippen LogP) is 3.66. The largest absolute Gasteiger partial charge is 0.386 e. The number of amides is 3. The number of benzene rings is 2. The van der Waals surface area contributed by atoms with Gasteiger partial charge >= 0.3 is 6.03 Å². The van der Waals surface area contributed by atoms with Gasteiger partial charge in [0.15, 0.2) is 6.61 Å². The van der Waals surface area contributed by atoms with Gasteiger partial charge < -0.3 is 20.4 Å². The molecule has 1 aliphatic heterocycles. The molecule has 0 saturated carbocycles. The van der Waals surface area contributed by atoms with E-state index in [1.807, 2.05) is 48.5 Å². The second-order valence-electron chi connectivity index (χ2n) is 6.58. The number of para-hydroxylation sites is 1. The molecule has 3 amide bonds. The Labute approximate surface area is 174 Å². The number of anilines is 1. The summed E-state index contributed by atoms with van der Waals surface area (Å²) < 4.78 is 0. The van der Waals surface area contributed by atoms with Crippen LogP contribution in [0.4, 0.5) is 10.5 Å². The summed E-state index contributed by atoms with van der Waals surface area (Å²) in [4.78, 5) is 31.1. The van der Waals surface area contributed by atoms with Gasteiger partial charge in [-0.2, -0.15) is 0 Å². The molecular weight excluding hydrogens is 392 g/mol. The van der Waals surface area contributed by atoms with E-state index < -0.39 is 0 Å². The van der Waals surface area contributed by atoms with Gasteiger partial charge in [0, 0.05) is 43.2 Å². The minimum absolute atomic E-state index is 0.130. The Balaban J connectivity index is 1.35. The van der Waals surface area contributed by atoms with E-state index in [1.165, 1.54) is 0 Å². The Morgan fingerprint density at radius 2 is 1.72 bits per heavy atom. The number of nitrogens with one attached hydrogen (secondary N) is 2. The number of carbonyl (C=O) groups is 2. The lowest BCUT2D eigenvalue weighted by Gasteiger charge is -2.27. The van der Waals surface area contributed by atoms with Crippen LogP contribution in [0, 0.1) is 0 Å². The van der Waals surface area contributed by atoms with Crippen LogP contribution in [-0.2, 0) is 16.2 Å². The van der Waals surface area contributed by atoms with Crippen LogP contribution in [0.1, 0.15) is 18.4 Å². The Morgan fingerprint density at radius 3 is 2.45 bits per heavy atom. The first-order chi connectivity index (χ1) is 14.1. The molecule has 0 radical (unpaired) electrons. The Morgan fingerprint density at radius 1 is 1.03 bits per heavy atom. The summed E-state index contributed by atoms with van der Waals surface area (Å²) >= 11 is 6.06. The molecule has 0 spiro atoms. The summed E-state index contributed by atoms with van der Waals surface area (Å²) in [6.45, 7) is 1.29. The Bertz CT molecular complexity index is 863. The maximum atomic E-state index is 12.3. The molecule has 3 rings (SSSR count). The number of hydrogen-bond donors (Lipinski definition) is 2. The average Bonchev–Trinajstić information content (AvgIpc) is 2.74. The average molecular weight is 415 g/mol. The van der Waals surface area contributed by atoms with Crippen molar-refractivity contribution in [2.45, 2.75) is 19.4 Å². The number of carbonyl (C=O) groups excluding carboxylic acids is 2. The summed E-state index contributed by atoms with van der Waals surface area (Å²) in [5.74, 6) is -0.269. The van der Waals surface area contributed by atoms with Gasteiger partial charge in [-0.1, -0.05) is 53.2 Å². The summed E-state index contributed by atoms with van der Waals surface area (Å²) in [6.07, 6.45) is 1.23. The number of halogens is 1. The standard InChI is InChI=1S/C21H23ClN4O3/c22-19-9-5-4-6-16(19)14-23-20(27)15-29-25-18-10-12-26(13-11-18)21(28)24-17-7-2-1-3-8-17/h1-9H,10-15H2,(H,23,27)(H,24,28). The third-order valence-corrected chi connectivity index (χ3v) is 4.84. The molecule has 152 valence electrons. The van der Waals surface area contributed by atoms with Gasteiger partial charge in [0.25, 0.3) is 5.91 Å². The fourth-order valence-corrected chi connectivity index (χ4v) is 3.05. The first-order valence-electron chi connectivity index (χ1n) is 9.40. The molecule has 0 unspecified atom stereocenters. The van der Waals surface area contributed by atoms with Gasteiger partial charge in [-0.25, -0.2) is 4.79 Å². The lowest BCUT2D eigenvalue weighted by molar-refractivity contribution is -0.125. The minimum atomic E-state index is -0.269. The van der Waals surface area contributed by atoms with Crippen molar-refractivity contribution in [2.75, 3.05) is 25.0 Å². The number of nitrogens with zero attached hydrogens (tertiary/aromatic N) is 2. The van der Waals surface area contributed by atoms with Crippen LogP contribution >= 0.6 is 11.6 Å². The molecule has 1 heterocycles. The summed E-state index contributed by atoms with van der Waals surface area (Å²) in [5, 5.41) is 10.3. The van der Waals surface area contributed by atoms with Crippen molar-refractivity contribution in [3.8, 4) is 0 Å². The third kappa shape index (κ3) is 6.50. The molecule has 0 atom stereocenters. The van der Waals surface area contributed by atoms with Crippen LogP contribution in [0.2, 0.25) is 5.02 Å². The second kappa shape index (κ2) is 10.5. The van der Waals surface area contributed by atoms with Crippen LogP contribution in [0.3, 0.4) is 0 Å². The molecule has 0 bridgehead atoms. The highest BCUT2D eigenvalue weighted by molar-refractivity contribution is 6.31. The van der Waals surface area contributed by atoms with E-state index in [1.54, 1.807) is 11.0 Å². The Hall–Kier alpha value is -3.06. The molecule has 1 fully saturated rings. The summed E-state index contributed by atoms with van der Waals surface area (Å²) in [7, 11) is 0. The van der Waals surface area contributed by atoms with Gasteiger partial charge in [-0.3, -0.25) is 4.79 Å². The quantitative estimate of drug-likeness (QED) is 0.707. The molecular formula is C21H23ClN4O3. The zero-order chi connectivity index (χ0) is 20.5. The molecule has 2 N–H and O–H groups in total. The van der Waals surface area contributed by atoms with Crippen molar-refractivity contribution >= 4 is 34.9 Å². The lowest BCUT2D eigenvalue weighted by atomic mass is 10.1. The Kier molecular flexibility index (Phi) is 7.47. The van der Waals surface area contributed by atoms with E-state index in [9.17, 15) is 9.59 Å². The molecule has 8 heteroatoms.